The van der Waals surface area contributed by atoms with E-state index in [1.807, 2.05) is 0 Å². The Bertz CT molecular complexity index is 603. The van der Waals surface area contributed by atoms with Gasteiger partial charge in [-0.25, -0.2) is 9.18 Å². The topological polar surface area (TPSA) is 70.4 Å². The Morgan fingerprint density at radius 2 is 2.04 bits per heavy atom. The predicted molar refractivity (Wildman–Crippen MR) is 81.1 cm³/mol. The van der Waals surface area contributed by atoms with Gasteiger partial charge in [-0.15, -0.1) is 0 Å². The van der Waals surface area contributed by atoms with E-state index in [0.29, 0.717) is 44.4 Å². The Balaban J connectivity index is 2.17. The summed E-state index contributed by atoms with van der Waals surface area (Å²) in [5.41, 5.74) is -0.819. The van der Waals surface area contributed by atoms with Crippen LogP contribution in [0.3, 0.4) is 0 Å². The zero-order chi connectivity index (χ0) is 16.9. The van der Waals surface area contributed by atoms with Gasteiger partial charge in [-0.05, 0) is 43.4 Å². The first-order valence-corrected chi connectivity index (χ1v) is 7.62. The van der Waals surface area contributed by atoms with Crippen LogP contribution in [-0.2, 0) is 14.9 Å². The number of likely N-dealkylation sites (tertiary alicyclic amines) is 1. The van der Waals surface area contributed by atoms with Crippen LogP contribution in [0.5, 0.6) is 0 Å². The van der Waals surface area contributed by atoms with Crippen LogP contribution >= 0.6 is 0 Å². The third kappa shape index (κ3) is 3.34. The third-order valence-corrected chi connectivity index (χ3v) is 4.36. The summed E-state index contributed by atoms with van der Waals surface area (Å²) in [5.74, 6) is -0.634. The molecule has 2 rings (SSSR count). The molecule has 1 heterocycles. The summed E-state index contributed by atoms with van der Waals surface area (Å²) < 4.78 is 18.1. The van der Waals surface area contributed by atoms with Crippen molar-refractivity contribution < 1.29 is 18.7 Å². The number of benzene rings is 1. The zero-order valence-corrected chi connectivity index (χ0v) is 13.0. The van der Waals surface area contributed by atoms with E-state index < -0.39 is 11.2 Å². The number of nitriles is 1. The third-order valence-electron chi connectivity index (χ3n) is 4.36. The number of hydrogen-bond donors (Lipinski definition) is 0. The van der Waals surface area contributed by atoms with Gasteiger partial charge in [0.25, 0.3) is 0 Å². The van der Waals surface area contributed by atoms with Crippen LogP contribution in [0, 0.1) is 23.1 Å². The summed E-state index contributed by atoms with van der Waals surface area (Å²) >= 11 is 0. The van der Waals surface area contributed by atoms with E-state index in [1.165, 1.54) is 24.3 Å². The van der Waals surface area contributed by atoms with Gasteiger partial charge in [-0.2, -0.15) is 5.26 Å². The molecule has 1 aromatic carbocycles. The fraction of sp³-hybridized carbons (Fsp3) is 0.471. The Labute approximate surface area is 134 Å². The smallest absolute Gasteiger partial charge is 0.409 e. The number of halogens is 1. The van der Waals surface area contributed by atoms with Crippen molar-refractivity contribution in [3.63, 3.8) is 0 Å². The van der Waals surface area contributed by atoms with Crippen LogP contribution in [0.15, 0.2) is 24.3 Å². The maximum absolute atomic E-state index is 13.1. The molecule has 6 heteroatoms. The summed E-state index contributed by atoms with van der Waals surface area (Å²) in [6.45, 7) is 2.92. The predicted octanol–water partition coefficient (Wildman–Crippen LogP) is 2.65. The van der Waals surface area contributed by atoms with Crippen molar-refractivity contribution in [2.75, 3.05) is 19.7 Å². The highest BCUT2D eigenvalue weighted by molar-refractivity contribution is 5.74. The molecule has 0 bridgehead atoms. The minimum atomic E-state index is -1.31. The van der Waals surface area contributed by atoms with E-state index in [2.05, 4.69) is 6.07 Å². The van der Waals surface area contributed by atoms with Gasteiger partial charge in [0.05, 0.1) is 12.7 Å². The number of aldehydes is 1. The number of rotatable bonds is 4. The SMILES string of the molecule is CCOC(=O)N1CCC(C(C#N)(C=O)c2ccc(F)cc2)CC1. The quantitative estimate of drug-likeness (QED) is 0.800. The van der Waals surface area contributed by atoms with E-state index in [1.54, 1.807) is 11.8 Å². The van der Waals surface area contributed by atoms with Crippen molar-refractivity contribution in [2.24, 2.45) is 5.92 Å². The molecule has 1 amide bonds. The molecule has 23 heavy (non-hydrogen) atoms. The Kier molecular flexibility index (Phi) is 5.32. The van der Waals surface area contributed by atoms with E-state index in [9.17, 15) is 19.2 Å². The van der Waals surface area contributed by atoms with Crippen LogP contribution < -0.4 is 0 Å². The van der Waals surface area contributed by atoms with Crippen LogP contribution in [0.25, 0.3) is 0 Å². The number of carbonyl (C=O) groups is 2. The first kappa shape index (κ1) is 16.9. The van der Waals surface area contributed by atoms with Crippen LogP contribution in [0.1, 0.15) is 25.3 Å². The second-order valence-electron chi connectivity index (χ2n) is 5.57. The molecule has 1 aliphatic heterocycles. The normalized spacial score (nSPS) is 17.9. The molecular weight excluding hydrogens is 299 g/mol. The maximum atomic E-state index is 13.1. The second kappa shape index (κ2) is 7.23. The Morgan fingerprint density at radius 3 is 2.52 bits per heavy atom. The van der Waals surface area contributed by atoms with Crippen LogP contribution in [0.2, 0.25) is 0 Å². The number of nitrogens with zero attached hydrogens (tertiary/aromatic N) is 2. The minimum Gasteiger partial charge on any atom is -0.450 e. The number of carbonyl (C=O) groups excluding carboxylic acids is 2. The van der Waals surface area contributed by atoms with Crippen LogP contribution in [0.4, 0.5) is 9.18 Å². The molecule has 0 aliphatic carbocycles. The molecule has 1 fully saturated rings. The summed E-state index contributed by atoms with van der Waals surface area (Å²) in [4.78, 5) is 25.0. The molecule has 1 atom stereocenters. The molecule has 5 nitrogen and oxygen atoms in total. The largest absolute Gasteiger partial charge is 0.450 e. The average Bonchev–Trinajstić information content (AvgIpc) is 2.59. The van der Waals surface area contributed by atoms with Gasteiger partial charge < -0.3 is 14.4 Å². The fourth-order valence-electron chi connectivity index (χ4n) is 3.04. The van der Waals surface area contributed by atoms with Crippen molar-refractivity contribution in [1.29, 1.82) is 5.26 Å². The van der Waals surface area contributed by atoms with E-state index in [0.717, 1.165) is 0 Å². The van der Waals surface area contributed by atoms with Crippen molar-refractivity contribution in [1.82, 2.24) is 4.90 Å². The number of ether oxygens (including phenoxy) is 1. The highest BCUT2D eigenvalue weighted by atomic mass is 19.1. The molecule has 0 N–H and O–H groups in total. The summed E-state index contributed by atoms with van der Waals surface area (Å²) in [5, 5.41) is 9.63. The first-order chi connectivity index (χ1) is 11.1. The van der Waals surface area contributed by atoms with Gasteiger partial charge in [0.15, 0.2) is 0 Å². The van der Waals surface area contributed by atoms with Gasteiger partial charge in [-0.3, -0.25) is 0 Å². The Hall–Kier alpha value is -2.42. The number of amides is 1. The lowest BCUT2D eigenvalue weighted by molar-refractivity contribution is -0.112. The molecular formula is C17H19FN2O3. The van der Waals surface area contributed by atoms with Crippen molar-refractivity contribution in [3.8, 4) is 6.07 Å². The molecule has 122 valence electrons. The highest BCUT2D eigenvalue weighted by Crippen LogP contribution is 2.37. The molecule has 1 unspecified atom stereocenters. The summed E-state index contributed by atoms with van der Waals surface area (Å²) in [7, 11) is 0. The lowest BCUT2D eigenvalue weighted by atomic mass is 9.68. The van der Waals surface area contributed by atoms with Crippen molar-refractivity contribution >= 4 is 12.4 Å². The van der Waals surface area contributed by atoms with Crippen molar-refractivity contribution in [2.45, 2.75) is 25.2 Å². The van der Waals surface area contributed by atoms with Crippen molar-refractivity contribution in [3.05, 3.63) is 35.6 Å². The lowest BCUT2D eigenvalue weighted by Gasteiger charge is -2.37. The molecule has 0 saturated carbocycles. The average molecular weight is 318 g/mol. The molecule has 1 aromatic rings. The standard InChI is InChI=1S/C17H19FN2O3/c1-2-23-16(22)20-9-7-14(8-10-20)17(11-19,12-21)13-3-5-15(18)6-4-13/h3-6,12,14H,2,7-10H2,1H3. The van der Waals surface area contributed by atoms with Gasteiger partial charge in [-0.1, -0.05) is 12.1 Å². The maximum Gasteiger partial charge on any atom is 0.409 e. The lowest BCUT2D eigenvalue weighted by Crippen LogP contribution is -2.45. The first-order valence-electron chi connectivity index (χ1n) is 7.62. The second-order valence-corrected chi connectivity index (χ2v) is 5.57. The molecule has 0 spiro atoms. The van der Waals surface area contributed by atoms with Gasteiger partial charge in [0, 0.05) is 13.1 Å². The number of piperidine rings is 1. The van der Waals surface area contributed by atoms with Gasteiger partial charge in [0.1, 0.15) is 17.5 Å². The van der Waals surface area contributed by atoms with Gasteiger partial charge in [0.2, 0.25) is 0 Å². The minimum absolute atomic E-state index is 0.221. The molecule has 0 radical (unpaired) electrons. The fourth-order valence-corrected chi connectivity index (χ4v) is 3.04. The summed E-state index contributed by atoms with van der Waals surface area (Å²) in [6, 6.07) is 7.57. The van der Waals surface area contributed by atoms with E-state index in [4.69, 9.17) is 4.74 Å². The van der Waals surface area contributed by atoms with E-state index in [-0.39, 0.29) is 12.0 Å². The Morgan fingerprint density at radius 1 is 1.43 bits per heavy atom. The highest BCUT2D eigenvalue weighted by Gasteiger charge is 2.43. The van der Waals surface area contributed by atoms with Crippen LogP contribution in [-0.4, -0.2) is 37.0 Å². The molecule has 1 saturated heterocycles. The zero-order valence-electron chi connectivity index (χ0n) is 13.0. The summed E-state index contributed by atoms with van der Waals surface area (Å²) in [6.07, 6.45) is 1.30. The van der Waals surface area contributed by atoms with Gasteiger partial charge >= 0.3 is 6.09 Å². The molecule has 1 aliphatic rings. The van der Waals surface area contributed by atoms with E-state index >= 15 is 0 Å². The molecule has 0 aromatic heterocycles. The number of hydrogen-bond acceptors (Lipinski definition) is 4. The monoisotopic (exact) mass is 318 g/mol.